The van der Waals surface area contributed by atoms with Gasteiger partial charge in [-0.25, -0.2) is 4.98 Å². The van der Waals surface area contributed by atoms with E-state index in [4.69, 9.17) is 5.73 Å². The lowest BCUT2D eigenvalue weighted by atomic mass is 10.5. The van der Waals surface area contributed by atoms with Gasteiger partial charge in [0.25, 0.3) is 0 Å². The van der Waals surface area contributed by atoms with Crippen LogP contribution in [0.15, 0.2) is 5.38 Å². The molecule has 108 valence electrons. The van der Waals surface area contributed by atoms with Crippen molar-refractivity contribution in [2.75, 3.05) is 29.0 Å². The molecule has 0 unspecified atom stereocenters. The predicted octanol–water partition coefficient (Wildman–Crippen LogP) is 1.68. The molecule has 7 nitrogen and oxygen atoms in total. The number of aromatic nitrogens is 4. The van der Waals surface area contributed by atoms with Crippen molar-refractivity contribution < 1.29 is 0 Å². The van der Waals surface area contributed by atoms with Crippen LogP contribution in [-0.4, -0.2) is 33.0 Å². The van der Waals surface area contributed by atoms with Gasteiger partial charge in [0.2, 0.25) is 17.8 Å². The second kappa shape index (κ2) is 6.47. The molecule has 2 aromatic heterocycles. The Morgan fingerprint density at radius 3 is 2.55 bits per heavy atom. The largest absolute Gasteiger partial charge is 0.368 e. The first-order chi connectivity index (χ1) is 9.62. The Hall–Kier alpha value is -1.96. The first-order valence-electron chi connectivity index (χ1n) is 6.53. The molecule has 0 amide bonds. The third-order valence-electron chi connectivity index (χ3n) is 2.78. The Morgan fingerprint density at radius 2 is 1.95 bits per heavy atom. The number of aryl methyl sites for hydroxylation is 1. The third-order valence-corrected chi connectivity index (χ3v) is 3.60. The van der Waals surface area contributed by atoms with Crippen LogP contribution in [-0.2, 0) is 6.54 Å². The van der Waals surface area contributed by atoms with Crippen LogP contribution < -0.4 is 16.0 Å². The summed E-state index contributed by atoms with van der Waals surface area (Å²) in [5, 5.41) is 6.19. The Kier molecular flexibility index (Phi) is 4.67. The number of thiazole rings is 1. The summed E-state index contributed by atoms with van der Waals surface area (Å²) in [6.45, 7) is 8.30. The van der Waals surface area contributed by atoms with Gasteiger partial charge in [0.1, 0.15) is 0 Å². The van der Waals surface area contributed by atoms with Gasteiger partial charge < -0.3 is 16.0 Å². The number of nitrogens with zero attached hydrogens (tertiary/aromatic N) is 5. The third kappa shape index (κ3) is 3.53. The molecule has 2 rings (SSSR count). The summed E-state index contributed by atoms with van der Waals surface area (Å²) < 4.78 is 0. The van der Waals surface area contributed by atoms with E-state index in [1.165, 1.54) is 0 Å². The summed E-state index contributed by atoms with van der Waals surface area (Å²) in [7, 11) is 0. The molecular weight excluding hydrogens is 274 g/mol. The van der Waals surface area contributed by atoms with Crippen molar-refractivity contribution in [3.8, 4) is 0 Å². The van der Waals surface area contributed by atoms with Gasteiger partial charge in [0.15, 0.2) is 0 Å². The fourth-order valence-corrected chi connectivity index (χ4v) is 2.38. The van der Waals surface area contributed by atoms with Crippen LogP contribution in [0.1, 0.15) is 24.5 Å². The molecule has 0 radical (unpaired) electrons. The maximum atomic E-state index is 5.74. The molecule has 3 N–H and O–H groups in total. The van der Waals surface area contributed by atoms with E-state index >= 15 is 0 Å². The average Bonchev–Trinajstić information content (AvgIpc) is 2.83. The van der Waals surface area contributed by atoms with Crippen LogP contribution in [0.5, 0.6) is 0 Å². The first kappa shape index (κ1) is 14.4. The molecule has 0 aliphatic heterocycles. The Morgan fingerprint density at radius 1 is 1.20 bits per heavy atom. The monoisotopic (exact) mass is 293 g/mol. The Labute approximate surface area is 122 Å². The minimum atomic E-state index is 0.221. The fraction of sp³-hybridized carbons (Fsp3) is 0.500. The molecule has 20 heavy (non-hydrogen) atoms. The molecule has 2 aromatic rings. The minimum absolute atomic E-state index is 0.221. The van der Waals surface area contributed by atoms with Gasteiger partial charge in [0, 0.05) is 18.5 Å². The quantitative estimate of drug-likeness (QED) is 0.837. The minimum Gasteiger partial charge on any atom is -0.368 e. The summed E-state index contributed by atoms with van der Waals surface area (Å²) >= 11 is 1.62. The highest BCUT2D eigenvalue weighted by Crippen LogP contribution is 2.13. The van der Waals surface area contributed by atoms with Crippen molar-refractivity contribution in [1.29, 1.82) is 0 Å². The van der Waals surface area contributed by atoms with E-state index in [1.807, 2.05) is 17.2 Å². The molecular formula is C12H19N7S. The van der Waals surface area contributed by atoms with E-state index in [0.29, 0.717) is 18.4 Å². The predicted molar refractivity (Wildman–Crippen MR) is 82.0 cm³/mol. The van der Waals surface area contributed by atoms with Crippen LogP contribution in [0.3, 0.4) is 0 Å². The van der Waals surface area contributed by atoms with Gasteiger partial charge in [-0.2, -0.15) is 15.0 Å². The summed E-state index contributed by atoms with van der Waals surface area (Å²) in [6, 6.07) is 0. The summed E-state index contributed by atoms with van der Waals surface area (Å²) in [5.74, 6) is 1.29. The zero-order valence-corrected chi connectivity index (χ0v) is 12.7. The molecule has 0 bridgehead atoms. The number of anilines is 3. The lowest BCUT2D eigenvalue weighted by Crippen LogP contribution is -2.25. The van der Waals surface area contributed by atoms with Gasteiger partial charge in [-0.05, 0) is 20.8 Å². The van der Waals surface area contributed by atoms with Crippen molar-refractivity contribution >= 4 is 29.2 Å². The molecule has 0 spiro atoms. The van der Waals surface area contributed by atoms with Gasteiger partial charge >= 0.3 is 0 Å². The topological polar surface area (TPSA) is 92.9 Å². The van der Waals surface area contributed by atoms with Crippen molar-refractivity contribution in [3.63, 3.8) is 0 Å². The van der Waals surface area contributed by atoms with E-state index in [0.717, 1.165) is 23.8 Å². The lowest BCUT2D eigenvalue weighted by molar-refractivity contribution is 0.813. The van der Waals surface area contributed by atoms with Gasteiger partial charge in [-0.15, -0.1) is 11.3 Å². The second-order valence-corrected chi connectivity index (χ2v) is 5.26. The maximum absolute atomic E-state index is 5.74. The molecule has 8 heteroatoms. The molecule has 0 aliphatic rings. The summed E-state index contributed by atoms with van der Waals surface area (Å²) in [6.07, 6.45) is 0. The molecule has 0 atom stereocenters. The fourth-order valence-electron chi connectivity index (χ4n) is 1.77. The van der Waals surface area contributed by atoms with E-state index in [1.54, 1.807) is 11.3 Å². The second-order valence-electron chi connectivity index (χ2n) is 4.20. The summed E-state index contributed by atoms with van der Waals surface area (Å²) in [4.78, 5) is 19.1. The molecule has 0 aliphatic carbocycles. The van der Waals surface area contributed by atoms with Gasteiger partial charge in [-0.3, -0.25) is 0 Å². The molecule has 0 aromatic carbocycles. The summed E-state index contributed by atoms with van der Waals surface area (Å²) in [5.41, 5.74) is 6.71. The average molecular weight is 293 g/mol. The Bertz CT molecular complexity index is 565. The Balaban J connectivity index is 2.11. The molecule has 0 fully saturated rings. The zero-order valence-electron chi connectivity index (χ0n) is 11.9. The number of hydrogen-bond acceptors (Lipinski definition) is 8. The van der Waals surface area contributed by atoms with Crippen LogP contribution in [0, 0.1) is 6.92 Å². The van der Waals surface area contributed by atoms with Gasteiger partial charge in [0.05, 0.1) is 17.2 Å². The van der Waals surface area contributed by atoms with E-state index < -0.39 is 0 Å². The van der Waals surface area contributed by atoms with E-state index in [9.17, 15) is 0 Å². The van der Waals surface area contributed by atoms with Crippen LogP contribution in [0.4, 0.5) is 17.8 Å². The highest BCUT2D eigenvalue weighted by atomic mass is 32.1. The van der Waals surface area contributed by atoms with Crippen LogP contribution in [0.25, 0.3) is 0 Å². The molecule has 0 saturated heterocycles. The molecule has 2 heterocycles. The number of rotatable bonds is 6. The van der Waals surface area contributed by atoms with Crippen molar-refractivity contribution in [1.82, 2.24) is 19.9 Å². The van der Waals surface area contributed by atoms with Crippen molar-refractivity contribution in [2.45, 2.75) is 27.3 Å². The van der Waals surface area contributed by atoms with Gasteiger partial charge in [-0.1, -0.05) is 0 Å². The maximum Gasteiger partial charge on any atom is 0.231 e. The van der Waals surface area contributed by atoms with Crippen molar-refractivity contribution in [2.24, 2.45) is 0 Å². The number of nitrogens with one attached hydrogen (secondary N) is 1. The SMILES string of the molecule is CCN(CC)c1nc(N)nc(NCc2csc(C)n2)n1. The van der Waals surface area contributed by atoms with E-state index in [-0.39, 0.29) is 5.95 Å². The van der Waals surface area contributed by atoms with E-state index in [2.05, 4.69) is 39.1 Å². The first-order valence-corrected chi connectivity index (χ1v) is 7.41. The van der Waals surface area contributed by atoms with Crippen LogP contribution in [0.2, 0.25) is 0 Å². The smallest absolute Gasteiger partial charge is 0.231 e. The molecule has 0 saturated carbocycles. The normalized spacial score (nSPS) is 10.6. The lowest BCUT2D eigenvalue weighted by Gasteiger charge is -2.18. The number of nitrogens with two attached hydrogens (primary N) is 1. The highest BCUT2D eigenvalue weighted by molar-refractivity contribution is 7.09. The van der Waals surface area contributed by atoms with Crippen molar-refractivity contribution in [3.05, 3.63) is 16.1 Å². The highest BCUT2D eigenvalue weighted by Gasteiger charge is 2.09. The van der Waals surface area contributed by atoms with Crippen LogP contribution >= 0.6 is 11.3 Å². The number of hydrogen-bond donors (Lipinski definition) is 2. The standard InChI is InChI=1S/C12H19N7S/c1-4-19(5-2)12-17-10(13)16-11(18-12)14-6-9-7-20-8(3)15-9/h7H,4-6H2,1-3H3,(H3,13,14,16,17,18). The zero-order chi connectivity index (χ0) is 14.5. The number of nitrogen functional groups attached to an aromatic ring is 1.